The van der Waals surface area contributed by atoms with E-state index in [1.807, 2.05) is 24.3 Å². The van der Waals surface area contributed by atoms with Gasteiger partial charge < -0.3 is 9.67 Å². The number of benzene rings is 2. The molecule has 1 heterocycles. The molecule has 0 spiro atoms. The third-order valence-corrected chi connectivity index (χ3v) is 7.55. The molecule has 3 aromatic rings. The third-order valence-electron chi connectivity index (χ3n) is 5.65. The van der Waals surface area contributed by atoms with Crippen molar-refractivity contribution in [3.05, 3.63) is 65.6 Å². The molecule has 1 unspecified atom stereocenters. The summed E-state index contributed by atoms with van der Waals surface area (Å²) in [5.41, 5.74) is 3.24. The largest absolute Gasteiger partial charge is 0.481 e. The molecule has 5 nitrogen and oxygen atoms in total. The molecule has 1 aliphatic carbocycles. The number of aryl methyl sites for hydroxylation is 1. The molecule has 2 aromatic carbocycles. The van der Waals surface area contributed by atoms with Gasteiger partial charge in [-0.1, -0.05) is 18.2 Å². The molecular weight excluding hydrogens is 393 g/mol. The predicted molar refractivity (Wildman–Crippen MR) is 108 cm³/mol. The van der Waals surface area contributed by atoms with Crippen LogP contribution in [-0.4, -0.2) is 29.8 Å². The molecule has 4 rings (SSSR count). The van der Waals surface area contributed by atoms with Crippen LogP contribution in [0.3, 0.4) is 0 Å². The Morgan fingerprint density at radius 2 is 1.86 bits per heavy atom. The summed E-state index contributed by atoms with van der Waals surface area (Å²) in [5, 5.41) is 10.1. The second kappa shape index (κ2) is 7.63. The Labute approximate surface area is 168 Å². The average Bonchev–Trinajstić information content (AvgIpc) is 2.99. The van der Waals surface area contributed by atoms with E-state index in [4.69, 9.17) is 5.11 Å². The van der Waals surface area contributed by atoms with Crippen molar-refractivity contribution in [2.24, 2.45) is 5.92 Å². The molecule has 0 saturated carbocycles. The van der Waals surface area contributed by atoms with Gasteiger partial charge in [0.05, 0.1) is 17.1 Å². The van der Waals surface area contributed by atoms with Crippen LogP contribution in [0.25, 0.3) is 10.9 Å². The summed E-state index contributed by atoms with van der Waals surface area (Å²) in [6.07, 6.45) is 2.12. The number of fused-ring (bicyclic) bond motifs is 3. The number of sulfone groups is 1. The van der Waals surface area contributed by atoms with Crippen molar-refractivity contribution in [1.82, 2.24) is 4.57 Å². The lowest BCUT2D eigenvalue weighted by Crippen LogP contribution is -2.24. The lowest BCUT2D eigenvalue weighted by molar-refractivity contribution is -0.137. The second-order valence-corrected chi connectivity index (χ2v) is 9.62. The molecule has 1 atom stereocenters. The smallest absolute Gasteiger partial charge is 0.305 e. The Hall–Kier alpha value is -2.67. The Kier molecular flexibility index (Phi) is 5.17. The fourth-order valence-electron chi connectivity index (χ4n) is 4.33. The van der Waals surface area contributed by atoms with E-state index in [1.165, 1.54) is 24.3 Å². The Morgan fingerprint density at radius 3 is 2.59 bits per heavy atom. The summed E-state index contributed by atoms with van der Waals surface area (Å²) < 4.78 is 40.8. The van der Waals surface area contributed by atoms with Gasteiger partial charge in [0.25, 0.3) is 0 Å². The minimum atomic E-state index is -3.50. The van der Waals surface area contributed by atoms with Gasteiger partial charge in [-0.3, -0.25) is 4.79 Å². The van der Waals surface area contributed by atoms with E-state index in [9.17, 15) is 17.6 Å². The number of rotatable bonds is 6. The molecule has 0 fully saturated rings. The molecule has 0 aliphatic heterocycles. The number of hydrogen-bond acceptors (Lipinski definition) is 3. The quantitative estimate of drug-likeness (QED) is 0.621. The zero-order chi connectivity index (χ0) is 20.6. The van der Waals surface area contributed by atoms with Gasteiger partial charge in [-0.2, -0.15) is 0 Å². The number of carbonyl (C=O) groups is 1. The number of aliphatic carboxylic acids is 1. The van der Waals surface area contributed by atoms with Gasteiger partial charge in [-0.15, -0.1) is 0 Å². The number of carboxylic acids is 1. The van der Waals surface area contributed by atoms with Crippen LogP contribution in [0.4, 0.5) is 4.39 Å². The van der Waals surface area contributed by atoms with Crippen molar-refractivity contribution >= 4 is 26.7 Å². The number of halogens is 1. The summed E-state index contributed by atoms with van der Waals surface area (Å²) in [4.78, 5) is 11.2. The first-order valence-corrected chi connectivity index (χ1v) is 11.3. The van der Waals surface area contributed by atoms with Crippen LogP contribution in [0.15, 0.2) is 53.4 Å². The number of para-hydroxylation sites is 1. The normalized spacial score (nSPS) is 16.7. The number of hydrogen-bond donors (Lipinski definition) is 1. The first-order valence-electron chi connectivity index (χ1n) is 9.64. The Bertz CT molecular complexity index is 1170. The maximum atomic E-state index is 13.1. The van der Waals surface area contributed by atoms with E-state index in [2.05, 4.69) is 4.57 Å². The van der Waals surface area contributed by atoms with Gasteiger partial charge in [0.2, 0.25) is 0 Å². The van der Waals surface area contributed by atoms with Crippen LogP contribution in [-0.2, 0) is 34.0 Å². The van der Waals surface area contributed by atoms with Crippen LogP contribution in [0.1, 0.15) is 24.1 Å². The molecule has 29 heavy (non-hydrogen) atoms. The molecule has 0 bridgehead atoms. The lowest BCUT2D eigenvalue weighted by atomic mass is 9.87. The van der Waals surface area contributed by atoms with Gasteiger partial charge in [-0.25, -0.2) is 12.8 Å². The van der Waals surface area contributed by atoms with Gasteiger partial charge in [0.1, 0.15) is 5.82 Å². The van der Waals surface area contributed by atoms with E-state index < -0.39 is 21.6 Å². The fourth-order valence-corrected chi connectivity index (χ4v) is 5.98. The summed E-state index contributed by atoms with van der Waals surface area (Å²) >= 11 is 0. The van der Waals surface area contributed by atoms with Crippen molar-refractivity contribution < 1.29 is 22.7 Å². The highest BCUT2D eigenvalue weighted by Crippen LogP contribution is 2.35. The summed E-state index contributed by atoms with van der Waals surface area (Å²) in [5.74, 6) is -1.31. The SMILES string of the molecule is O=C(O)CCn1c2c(c3ccccc31)CC(CS(=O)(=O)c1ccc(F)cc1)CC2. The van der Waals surface area contributed by atoms with E-state index in [0.717, 1.165) is 28.6 Å². The Morgan fingerprint density at radius 1 is 1.14 bits per heavy atom. The van der Waals surface area contributed by atoms with Crippen molar-refractivity contribution in [3.63, 3.8) is 0 Å². The zero-order valence-electron chi connectivity index (χ0n) is 15.8. The van der Waals surface area contributed by atoms with Crippen molar-refractivity contribution in [2.45, 2.75) is 37.1 Å². The van der Waals surface area contributed by atoms with E-state index in [1.54, 1.807) is 0 Å². The van der Waals surface area contributed by atoms with Crippen LogP contribution in [0.2, 0.25) is 0 Å². The molecule has 0 saturated heterocycles. The van der Waals surface area contributed by atoms with E-state index in [-0.39, 0.29) is 23.0 Å². The van der Waals surface area contributed by atoms with Gasteiger partial charge in [0.15, 0.2) is 9.84 Å². The predicted octanol–water partition coefficient (Wildman–Crippen LogP) is 3.83. The monoisotopic (exact) mass is 415 g/mol. The highest BCUT2D eigenvalue weighted by Gasteiger charge is 2.29. The van der Waals surface area contributed by atoms with E-state index >= 15 is 0 Å². The summed E-state index contributed by atoms with van der Waals surface area (Å²) in [7, 11) is -3.50. The standard InChI is InChI=1S/C22H22FNO4S/c23-16-6-8-17(9-7-16)29(27,28)14-15-5-10-21-19(13-15)18-3-1-2-4-20(18)24(21)12-11-22(25)26/h1-4,6-9,15H,5,10-14H2,(H,25,26). The summed E-state index contributed by atoms with van der Waals surface area (Å²) in [6, 6.07) is 12.9. The number of aromatic nitrogens is 1. The van der Waals surface area contributed by atoms with E-state index in [0.29, 0.717) is 19.4 Å². The highest BCUT2D eigenvalue weighted by atomic mass is 32.2. The van der Waals surface area contributed by atoms with Crippen LogP contribution in [0, 0.1) is 11.7 Å². The highest BCUT2D eigenvalue weighted by molar-refractivity contribution is 7.91. The van der Waals surface area contributed by atoms with Gasteiger partial charge in [0, 0.05) is 23.1 Å². The van der Waals surface area contributed by atoms with Gasteiger partial charge in [-0.05, 0) is 61.1 Å². The van der Waals surface area contributed by atoms with Crippen molar-refractivity contribution in [1.29, 1.82) is 0 Å². The fraction of sp³-hybridized carbons (Fsp3) is 0.318. The van der Waals surface area contributed by atoms with Gasteiger partial charge >= 0.3 is 5.97 Å². The first kappa shape index (κ1) is 19.6. The second-order valence-electron chi connectivity index (χ2n) is 7.58. The van der Waals surface area contributed by atoms with Crippen LogP contribution < -0.4 is 0 Å². The number of nitrogens with zero attached hydrogens (tertiary/aromatic N) is 1. The number of carboxylic acid groups (broad SMARTS) is 1. The van der Waals surface area contributed by atoms with Crippen molar-refractivity contribution in [3.8, 4) is 0 Å². The lowest BCUT2D eigenvalue weighted by Gasteiger charge is -2.24. The third kappa shape index (κ3) is 3.92. The molecule has 1 aromatic heterocycles. The maximum Gasteiger partial charge on any atom is 0.305 e. The first-order chi connectivity index (χ1) is 13.8. The molecule has 1 N–H and O–H groups in total. The molecule has 0 amide bonds. The molecule has 7 heteroatoms. The summed E-state index contributed by atoms with van der Waals surface area (Å²) in [6.45, 7) is 0.406. The molecule has 1 aliphatic rings. The maximum absolute atomic E-state index is 13.1. The molecule has 152 valence electrons. The molecular formula is C22H22FNO4S. The minimum Gasteiger partial charge on any atom is -0.481 e. The van der Waals surface area contributed by atoms with Crippen LogP contribution in [0.5, 0.6) is 0 Å². The van der Waals surface area contributed by atoms with Crippen molar-refractivity contribution in [2.75, 3.05) is 5.75 Å². The van der Waals surface area contributed by atoms with Crippen LogP contribution >= 0.6 is 0 Å². The Balaban J connectivity index is 1.62. The zero-order valence-corrected chi connectivity index (χ0v) is 16.7. The molecule has 0 radical (unpaired) electrons. The average molecular weight is 415 g/mol. The minimum absolute atomic E-state index is 0.0205. The topological polar surface area (TPSA) is 76.4 Å².